The topological polar surface area (TPSA) is 80.3 Å². The van der Waals surface area contributed by atoms with E-state index in [1.165, 1.54) is 0 Å². The molecule has 0 bridgehead atoms. The quantitative estimate of drug-likeness (QED) is 0.760. The molecule has 8 nitrogen and oxygen atoms in total. The first-order valence-electron chi connectivity index (χ1n) is 9.60. The largest absolute Gasteiger partial charge is 0.497 e. The zero-order chi connectivity index (χ0) is 20.1. The number of ether oxygens (including phenoxy) is 3. The number of hydrogen-bond donors (Lipinski definition) is 1. The normalized spacial score (nSPS) is 18.6. The van der Waals surface area contributed by atoms with Gasteiger partial charge in [-0.15, -0.1) is 12.4 Å². The van der Waals surface area contributed by atoms with Crippen molar-refractivity contribution in [3.05, 3.63) is 23.8 Å². The van der Waals surface area contributed by atoms with Gasteiger partial charge in [0.25, 0.3) is 11.8 Å². The van der Waals surface area contributed by atoms with E-state index in [9.17, 15) is 9.59 Å². The minimum atomic E-state index is -0.739. The number of rotatable bonds is 5. The summed E-state index contributed by atoms with van der Waals surface area (Å²) >= 11 is 0. The summed E-state index contributed by atoms with van der Waals surface area (Å²) in [4.78, 5) is 29.6. The van der Waals surface area contributed by atoms with Crippen molar-refractivity contribution in [3.63, 3.8) is 0 Å². The van der Waals surface area contributed by atoms with Gasteiger partial charge in [-0.05, 0) is 38.1 Å². The standard InChI is InChI=1S/C20H29N3O5.ClH/c1-26-16-12-15(13-17(14-16)27-2)18(24)22-8-10-23(11-9-22)19(25)20(28-3)4-6-21-7-5-20;/h12-14,21H,4-11H2,1-3H3;1H. The highest BCUT2D eigenvalue weighted by molar-refractivity contribution is 5.95. The molecule has 162 valence electrons. The third-order valence-electron chi connectivity index (χ3n) is 5.64. The summed E-state index contributed by atoms with van der Waals surface area (Å²) in [5.41, 5.74) is -0.222. The third kappa shape index (κ3) is 4.94. The van der Waals surface area contributed by atoms with Crippen molar-refractivity contribution in [1.82, 2.24) is 15.1 Å². The van der Waals surface area contributed by atoms with E-state index in [-0.39, 0.29) is 24.2 Å². The lowest BCUT2D eigenvalue weighted by atomic mass is 9.90. The van der Waals surface area contributed by atoms with E-state index < -0.39 is 5.60 Å². The Morgan fingerprint density at radius 1 is 0.897 bits per heavy atom. The summed E-state index contributed by atoms with van der Waals surface area (Å²) in [6.45, 7) is 3.53. The van der Waals surface area contributed by atoms with Crippen LogP contribution in [0.25, 0.3) is 0 Å². The zero-order valence-corrected chi connectivity index (χ0v) is 18.0. The molecule has 0 aliphatic carbocycles. The third-order valence-corrected chi connectivity index (χ3v) is 5.64. The lowest BCUT2D eigenvalue weighted by molar-refractivity contribution is -0.159. The Labute approximate surface area is 177 Å². The maximum absolute atomic E-state index is 13.1. The molecule has 0 aromatic heterocycles. The van der Waals surface area contributed by atoms with Gasteiger partial charge in [0.2, 0.25) is 0 Å². The van der Waals surface area contributed by atoms with E-state index >= 15 is 0 Å². The van der Waals surface area contributed by atoms with Crippen LogP contribution in [0.1, 0.15) is 23.2 Å². The SMILES string of the molecule is COc1cc(OC)cc(C(=O)N2CCN(C(=O)C3(OC)CCNCC3)CC2)c1.Cl. The first-order valence-corrected chi connectivity index (χ1v) is 9.60. The van der Waals surface area contributed by atoms with Crippen molar-refractivity contribution >= 4 is 24.2 Å². The minimum Gasteiger partial charge on any atom is -0.497 e. The fourth-order valence-electron chi connectivity index (χ4n) is 3.85. The van der Waals surface area contributed by atoms with Crippen molar-refractivity contribution < 1.29 is 23.8 Å². The van der Waals surface area contributed by atoms with Gasteiger partial charge < -0.3 is 29.3 Å². The number of methoxy groups -OCH3 is 3. The van der Waals surface area contributed by atoms with Crippen molar-refractivity contribution in [2.24, 2.45) is 0 Å². The molecule has 29 heavy (non-hydrogen) atoms. The molecule has 0 saturated carbocycles. The Bertz CT molecular complexity index is 694. The van der Waals surface area contributed by atoms with Crippen LogP contribution in [0, 0.1) is 0 Å². The maximum Gasteiger partial charge on any atom is 0.255 e. The molecule has 2 aliphatic rings. The summed E-state index contributed by atoms with van der Waals surface area (Å²) < 4.78 is 16.2. The van der Waals surface area contributed by atoms with Crippen LogP contribution in [-0.2, 0) is 9.53 Å². The predicted octanol–water partition coefficient (Wildman–Crippen LogP) is 1.18. The number of nitrogens with zero attached hydrogens (tertiary/aromatic N) is 2. The van der Waals surface area contributed by atoms with Gasteiger partial charge >= 0.3 is 0 Å². The average molecular weight is 428 g/mol. The summed E-state index contributed by atoms with van der Waals surface area (Å²) in [5, 5.41) is 3.27. The van der Waals surface area contributed by atoms with E-state index in [0.29, 0.717) is 56.1 Å². The van der Waals surface area contributed by atoms with Crippen molar-refractivity contribution in [2.75, 3.05) is 60.6 Å². The van der Waals surface area contributed by atoms with Crippen molar-refractivity contribution in [2.45, 2.75) is 18.4 Å². The molecule has 0 atom stereocenters. The lowest BCUT2D eigenvalue weighted by Crippen LogP contribution is -2.59. The van der Waals surface area contributed by atoms with Gasteiger partial charge in [0, 0.05) is 44.9 Å². The van der Waals surface area contributed by atoms with Crippen LogP contribution < -0.4 is 14.8 Å². The molecule has 2 heterocycles. The molecular formula is C20H30ClN3O5. The number of halogens is 1. The molecular weight excluding hydrogens is 398 g/mol. The van der Waals surface area contributed by atoms with Crippen LogP contribution in [-0.4, -0.2) is 87.8 Å². The molecule has 3 rings (SSSR count). The van der Waals surface area contributed by atoms with Gasteiger partial charge in [-0.25, -0.2) is 0 Å². The number of piperazine rings is 1. The van der Waals surface area contributed by atoms with Crippen LogP contribution in [0.15, 0.2) is 18.2 Å². The van der Waals surface area contributed by atoms with Crippen molar-refractivity contribution in [3.8, 4) is 11.5 Å². The molecule has 1 N–H and O–H groups in total. The highest BCUT2D eigenvalue weighted by atomic mass is 35.5. The van der Waals surface area contributed by atoms with E-state index in [4.69, 9.17) is 14.2 Å². The van der Waals surface area contributed by atoms with Crippen LogP contribution in [0.5, 0.6) is 11.5 Å². The Hall–Kier alpha value is -2.03. The molecule has 0 unspecified atom stereocenters. The molecule has 0 spiro atoms. The van der Waals surface area contributed by atoms with Gasteiger partial charge in [-0.2, -0.15) is 0 Å². The first-order chi connectivity index (χ1) is 13.5. The minimum absolute atomic E-state index is 0. The number of benzene rings is 1. The number of nitrogens with one attached hydrogen (secondary N) is 1. The Morgan fingerprint density at radius 2 is 1.41 bits per heavy atom. The summed E-state index contributed by atoms with van der Waals surface area (Å²) in [7, 11) is 4.72. The van der Waals surface area contributed by atoms with Crippen LogP contribution in [0.2, 0.25) is 0 Å². The lowest BCUT2D eigenvalue weighted by Gasteiger charge is -2.42. The summed E-state index contributed by atoms with van der Waals surface area (Å²) in [5.74, 6) is 1.09. The Balaban J connectivity index is 0.00000300. The number of carbonyl (C=O) groups excluding carboxylic acids is 2. The van der Waals surface area contributed by atoms with Crippen LogP contribution in [0.4, 0.5) is 0 Å². The second-order valence-corrected chi connectivity index (χ2v) is 7.13. The molecule has 0 radical (unpaired) electrons. The predicted molar refractivity (Wildman–Crippen MR) is 111 cm³/mol. The molecule has 2 aliphatic heterocycles. The molecule has 9 heteroatoms. The van der Waals surface area contributed by atoms with Gasteiger partial charge in [0.05, 0.1) is 14.2 Å². The Morgan fingerprint density at radius 3 is 1.90 bits per heavy atom. The van der Waals surface area contributed by atoms with E-state index in [0.717, 1.165) is 13.1 Å². The van der Waals surface area contributed by atoms with Gasteiger partial charge in [-0.3, -0.25) is 9.59 Å². The maximum atomic E-state index is 13.1. The smallest absolute Gasteiger partial charge is 0.255 e. The summed E-state index contributed by atoms with van der Waals surface area (Å²) in [6.07, 6.45) is 1.34. The fourth-order valence-corrected chi connectivity index (χ4v) is 3.85. The highest BCUT2D eigenvalue weighted by Gasteiger charge is 2.43. The zero-order valence-electron chi connectivity index (χ0n) is 17.2. The first kappa shape index (κ1) is 23.3. The van der Waals surface area contributed by atoms with E-state index in [1.807, 2.05) is 4.90 Å². The average Bonchev–Trinajstić information content (AvgIpc) is 2.78. The number of carbonyl (C=O) groups is 2. The molecule has 1 aromatic rings. The van der Waals surface area contributed by atoms with Gasteiger partial charge in [-0.1, -0.05) is 0 Å². The van der Waals surface area contributed by atoms with Crippen LogP contribution in [0.3, 0.4) is 0 Å². The molecule has 2 fully saturated rings. The highest BCUT2D eigenvalue weighted by Crippen LogP contribution is 2.27. The van der Waals surface area contributed by atoms with E-state index in [2.05, 4.69) is 5.32 Å². The number of amides is 2. The van der Waals surface area contributed by atoms with E-state index in [1.54, 1.807) is 44.4 Å². The second kappa shape index (κ2) is 10.1. The summed E-state index contributed by atoms with van der Waals surface area (Å²) in [6, 6.07) is 5.14. The number of piperidine rings is 1. The monoisotopic (exact) mass is 427 g/mol. The van der Waals surface area contributed by atoms with Crippen LogP contribution >= 0.6 is 12.4 Å². The van der Waals surface area contributed by atoms with Crippen molar-refractivity contribution in [1.29, 1.82) is 0 Å². The number of hydrogen-bond acceptors (Lipinski definition) is 6. The van der Waals surface area contributed by atoms with Gasteiger partial charge in [0.15, 0.2) is 0 Å². The Kier molecular flexibility index (Phi) is 8.13. The van der Waals surface area contributed by atoms with Gasteiger partial charge in [0.1, 0.15) is 17.1 Å². The molecule has 1 aromatic carbocycles. The molecule has 2 amide bonds. The molecule has 2 saturated heterocycles. The fraction of sp³-hybridized carbons (Fsp3) is 0.600. The second-order valence-electron chi connectivity index (χ2n) is 7.13.